The summed E-state index contributed by atoms with van der Waals surface area (Å²) in [5.41, 5.74) is 0. The zero-order valence-electron chi connectivity index (χ0n) is 36.7. The van der Waals surface area contributed by atoms with E-state index in [1.165, 1.54) is 0 Å². The van der Waals surface area contributed by atoms with Crippen LogP contribution in [0.3, 0.4) is 0 Å². The van der Waals surface area contributed by atoms with E-state index in [-0.39, 0.29) is 0 Å². The minimum atomic E-state index is -1.89. The van der Waals surface area contributed by atoms with Gasteiger partial charge in [0, 0.05) is 69.2 Å². The van der Waals surface area contributed by atoms with Crippen LogP contribution >= 0.6 is 0 Å². The maximum absolute atomic E-state index is 12.9. The van der Waals surface area contributed by atoms with Gasteiger partial charge in [0.25, 0.3) is 0 Å². The highest BCUT2D eigenvalue weighted by Crippen LogP contribution is 2.36. The molecule has 0 saturated carbocycles. The van der Waals surface area contributed by atoms with Crippen molar-refractivity contribution >= 4 is 59.5 Å². The molecule has 0 spiro atoms. The molecule has 3 saturated heterocycles. The van der Waals surface area contributed by atoms with Crippen molar-refractivity contribution in [1.29, 1.82) is 0 Å². The molecule has 64 heavy (non-hydrogen) atoms. The average Bonchev–Trinajstić information content (AvgIpc) is 3.15. The smallest absolute Gasteiger partial charge is 0.303 e. The lowest BCUT2D eigenvalue weighted by Gasteiger charge is -2.51. The predicted molar refractivity (Wildman–Crippen MR) is 203 cm³/mol. The monoisotopic (exact) mass is 921 g/mol. The van der Waals surface area contributed by atoms with Crippen LogP contribution in [-0.2, 0) is 105 Å². The highest BCUT2D eigenvalue weighted by molar-refractivity contribution is 5.75. The third kappa shape index (κ3) is 15.6. The number of aliphatic hydroxyl groups excluding tert-OH is 1. The SMILES string of the molecule is CC(=O)N[C@H]1[C@H](O[C@H]2[C@H](OC(C)=O)[C@@H](NC(C)=O)[C@H](O[C@H]3[C@H](OC(C)=O)[C@@H](NC(C)=O)C(O)O[C@@H]3COC(C)=O)O[C@@H]2COC(C)=O)O[C@H](COC(C)=O)[C@@H](OC(C)=O)[C@@H]1OC(C)=O. The predicted octanol–water partition coefficient (Wildman–Crippen LogP) is -3.15. The summed E-state index contributed by atoms with van der Waals surface area (Å²) in [7, 11) is 0. The van der Waals surface area contributed by atoms with Gasteiger partial charge in [-0.3, -0.25) is 47.9 Å². The number of hydrogen-bond donors (Lipinski definition) is 4. The molecule has 3 aliphatic rings. The second kappa shape index (κ2) is 23.9. The van der Waals surface area contributed by atoms with E-state index in [1.54, 1.807) is 0 Å². The molecule has 26 heteroatoms. The summed E-state index contributed by atoms with van der Waals surface area (Å²) in [5, 5.41) is 18.4. The normalized spacial score (nSPS) is 32.3. The number of hydrogen-bond acceptors (Lipinski definition) is 23. The Labute approximate surface area is 366 Å². The van der Waals surface area contributed by atoms with E-state index in [1.807, 2.05) is 0 Å². The van der Waals surface area contributed by atoms with E-state index in [9.17, 15) is 53.1 Å². The molecule has 0 aromatic carbocycles. The summed E-state index contributed by atoms with van der Waals surface area (Å²) in [6.07, 6.45) is -20.2. The van der Waals surface area contributed by atoms with Gasteiger partial charge in [-0.05, 0) is 0 Å². The highest BCUT2D eigenvalue weighted by Gasteiger charge is 2.58. The Kier molecular flexibility index (Phi) is 19.8. The van der Waals surface area contributed by atoms with E-state index in [0.717, 1.165) is 69.2 Å². The summed E-state index contributed by atoms with van der Waals surface area (Å²) >= 11 is 0. The lowest BCUT2D eigenvalue weighted by atomic mass is 9.93. The fraction of sp³-hybridized carbons (Fsp3) is 0.737. The van der Waals surface area contributed by atoms with Crippen molar-refractivity contribution in [3.63, 3.8) is 0 Å². The van der Waals surface area contributed by atoms with E-state index in [2.05, 4.69) is 16.0 Å². The zero-order chi connectivity index (χ0) is 48.2. The van der Waals surface area contributed by atoms with E-state index in [0.29, 0.717) is 0 Å². The van der Waals surface area contributed by atoms with Gasteiger partial charge < -0.3 is 77.9 Å². The van der Waals surface area contributed by atoms with Crippen molar-refractivity contribution in [2.24, 2.45) is 0 Å². The standard InChI is InChI=1S/C38H55N3O23/c1-14(42)39-27-33(57-21(8)49)31(24(60-36(27)52)11-53-17(4)45)63-38-29(41-16(3)44)35(59-23(10)51)32(26(62-38)13-55-19(6)47)64-37-28(40-15(2)43)34(58-22(9)50)30(56-20(7)48)25(61-37)12-54-18(5)46/h24-38,52H,11-13H2,1-10H3,(H,39,42)(H,40,43)(H,41,44)/t24-,25-,26-,27-,28-,29-,30-,31-,32-,33-,34-,35-,36?,37+,38+/m1/s1. The van der Waals surface area contributed by atoms with Crippen LogP contribution in [0.25, 0.3) is 0 Å². The Bertz CT molecular complexity index is 1740. The van der Waals surface area contributed by atoms with Crippen molar-refractivity contribution < 1.29 is 110 Å². The first kappa shape index (κ1) is 52.8. The lowest BCUT2D eigenvalue weighted by Crippen LogP contribution is -2.72. The van der Waals surface area contributed by atoms with E-state index in [4.69, 9.17) is 56.8 Å². The van der Waals surface area contributed by atoms with Gasteiger partial charge in [-0.1, -0.05) is 0 Å². The Balaban J connectivity index is 2.28. The first-order valence-corrected chi connectivity index (χ1v) is 19.7. The number of rotatable bonds is 17. The molecule has 3 amide bonds. The number of aliphatic hydroxyl groups is 1. The molecule has 0 aliphatic carbocycles. The van der Waals surface area contributed by atoms with Gasteiger partial charge in [0.15, 0.2) is 43.3 Å². The number of carbonyl (C=O) groups excluding carboxylic acids is 10. The Morgan fingerprint density at radius 2 is 0.672 bits per heavy atom. The van der Waals surface area contributed by atoms with Crippen LogP contribution < -0.4 is 16.0 Å². The molecule has 0 aromatic rings. The summed E-state index contributed by atoms with van der Waals surface area (Å²) in [6.45, 7) is 8.44. The Hall–Kier alpha value is -5.54. The number of nitrogens with one attached hydrogen (secondary N) is 3. The molecule has 26 nitrogen and oxygen atoms in total. The molecule has 3 fully saturated rings. The van der Waals surface area contributed by atoms with Crippen molar-refractivity contribution in [2.45, 2.75) is 161 Å². The number of amides is 3. The number of ether oxygens (including phenoxy) is 12. The van der Waals surface area contributed by atoms with Gasteiger partial charge >= 0.3 is 41.8 Å². The quantitative estimate of drug-likeness (QED) is 0.0827. The molecule has 3 aliphatic heterocycles. The first-order chi connectivity index (χ1) is 29.9. The Morgan fingerprint density at radius 1 is 0.391 bits per heavy atom. The lowest BCUT2D eigenvalue weighted by molar-refractivity contribution is -0.352. The van der Waals surface area contributed by atoms with Gasteiger partial charge in [0.1, 0.15) is 68.5 Å². The molecular weight excluding hydrogens is 866 g/mol. The highest BCUT2D eigenvalue weighted by atomic mass is 16.8. The summed E-state index contributed by atoms with van der Waals surface area (Å²) in [5.74, 6) is -8.48. The first-order valence-electron chi connectivity index (χ1n) is 19.7. The van der Waals surface area contributed by atoms with Gasteiger partial charge in [-0.15, -0.1) is 0 Å². The molecule has 3 rings (SSSR count). The average molecular weight is 922 g/mol. The van der Waals surface area contributed by atoms with Crippen LogP contribution in [0.5, 0.6) is 0 Å². The third-order valence-corrected chi connectivity index (χ3v) is 9.21. The van der Waals surface area contributed by atoms with E-state index < -0.39 is 171 Å². The minimum absolute atomic E-state index is 0.636. The fourth-order valence-corrected chi connectivity index (χ4v) is 7.09. The molecule has 3 heterocycles. The zero-order valence-corrected chi connectivity index (χ0v) is 36.7. The largest absolute Gasteiger partial charge is 0.463 e. The summed E-state index contributed by atoms with van der Waals surface area (Å²) < 4.78 is 68.9. The number of esters is 7. The van der Waals surface area contributed by atoms with Gasteiger partial charge in [-0.2, -0.15) is 0 Å². The number of carbonyl (C=O) groups is 10. The van der Waals surface area contributed by atoms with Crippen LogP contribution in [0.4, 0.5) is 0 Å². The molecule has 0 aromatic heterocycles. The van der Waals surface area contributed by atoms with Crippen LogP contribution in [0.15, 0.2) is 0 Å². The van der Waals surface area contributed by atoms with Crippen molar-refractivity contribution in [2.75, 3.05) is 19.8 Å². The second-order valence-corrected chi connectivity index (χ2v) is 14.7. The molecule has 0 radical (unpaired) electrons. The topological polar surface area (TPSA) is 338 Å². The second-order valence-electron chi connectivity index (χ2n) is 14.7. The molecule has 360 valence electrons. The van der Waals surface area contributed by atoms with Gasteiger partial charge in [0.05, 0.1) is 0 Å². The molecule has 15 atom stereocenters. The van der Waals surface area contributed by atoms with Crippen molar-refractivity contribution in [1.82, 2.24) is 16.0 Å². The molecular formula is C38H55N3O23. The van der Waals surface area contributed by atoms with Gasteiger partial charge in [0.2, 0.25) is 17.7 Å². The van der Waals surface area contributed by atoms with Crippen molar-refractivity contribution in [3.8, 4) is 0 Å². The third-order valence-electron chi connectivity index (χ3n) is 9.21. The summed E-state index contributed by atoms with van der Waals surface area (Å²) in [4.78, 5) is 124. The van der Waals surface area contributed by atoms with Crippen molar-refractivity contribution in [3.05, 3.63) is 0 Å². The minimum Gasteiger partial charge on any atom is -0.463 e. The molecule has 1 unspecified atom stereocenters. The fourth-order valence-electron chi connectivity index (χ4n) is 7.09. The maximum Gasteiger partial charge on any atom is 0.303 e. The van der Waals surface area contributed by atoms with Gasteiger partial charge in [-0.25, -0.2) is 0 Å². The summed E-state index contributed by atoms with van der Waals surface area (Å²) in [6, 6.07) is -4.78. The maximum atomic E-state index is 12.9. The van der Waals surface area contributed by atoms with Crippen LogP contribution in [0, 0.1) is 0 Å². The molecule has 4 N–H and O–H groups in total. The van der Waals surface area contributed by atoms with Crippen LogP contribution in [0.2, 0.25) is 0 Å². The van der Waals surface area contributed by atoms with Crippen LogP contribution in [0.1, 0.15) is 69.2 Å². The Morgan fingerprint density at radius 3 is 1.00 bits per heavy atom. The molecule has 0 bridgehead atoms. The van der Waals surface area contributed by atoms with Crippen LogP contribution in [-0.4, -0.2) is 176 Å². The van der Waals surface area contributed by atoms with E-state index >= 15 is 0 Å².